The van der Waals surface area contributed by atoms with Crippen molar-refractivity contribution in [3.63, 3.8) is 0 Å². The molecule has 0 fully saturated rings. The monoisotopic (exact) mass is 254 g/mol. The van der Waals surface area contributed by atoms with Gasteiger partial charge in [-0.15, -0.1) is 0 Å². The van der Waals surface area contributed by atoms with E-state index in [9.17, 15) is 0 Å². The third-order valence-corrected chi connectivity index (χ3v) is 3.20. The van der Waals surface area contributed by atoms with E-state index in [0.717, 1.165) is 23.4 Å². The van der Waals surface area contributed by atoms with Crippen molar-refractivity contribution in [3.8, 4) is 0 Å². The minimum Gasteiger partial charge on any atom is -0.355 e. The standard InChI is InChI=1S/C15H16N4.H2/c1-11-4-3-5-12(8-11)9-19(2)15-13-6-7-16-14(13)17-10-18-15;/h3-8,10H,9H2,1-2H3,(H,16,17,18);1H. The van der Waals surface area contributed by atoms with Gasteiger partial charge in [-0.25, -0.2) is 9.97 Å². The lowest BCUT2D eigenvalue weighted by atomic mass is 10.1. The Balaban J connectivity index is 0.00000147. The van der Waals surface area contributed by atoms with Crippen LogP contribution in [0.15, 0.2) is 42.9 Å². The SMILES string of the molecule is Cc1cccc(CN(C)c2ncnc3[nH]ccc23)c1.[HH]. The number of H-pyrrole nitrogens is 1. The van der Waals surface area contributed by atoms with Crippen molar-refractivity contribution in [2.75, 3.05) is 11.9 Å². The number of hydrogen-bond donors (Lipinski definition) is 1. The average molecular weight is 254 g/mol. The van der Waals surface area contributed by atoms with Gasteiger partial charge in [-0.2, -0.15) is 0 Å². The van der Waals surface area contributed by atoms with E-state index in [1.54, 1.807) is 6.33 Å². The second-order valence-electron chi connectivity index (χ2n) is 4.78. The molecule has 0 atom stereocenters. The van der Waals surface area contributed by atoms with Crippen molar-refractivity contribution >= 4 is 16.9 Å². The van der Waals surface area contributed by atoms with Crippen LogP contribution in [0.2, 0.25) is 0 Å². The highest BCUT2D eigenvalue weighted by Gasteiger charge is 2.09. The largest absolute Gasteiger partial charge is 0.355 e. The van der Waals surface area contributed by atoms with Gasteiger partial charge >= 0.3 is 0 Å². The summed E-state index contributed by atoms with van der Waals surface area (Å²) in [6.07, 6.45) is 3.49. The highest BCUT2D eigenvalue weighted by Crippen LogP contribution is 2.22. The van der Waals surface area contributed by atoms with E-state index in [1.165, 1.54) is 11.1 Å². The number of aromatic nitrogens is 3. The van der Waals surface area contributed by atoms with Crippen molar-refractivity contribution in [3.05, 3.63) is 54.0 Å². The summed E-state index contributed by atoms with van der Waals surface area (Å²) < 4.78 is 0. The minimum atomic E-state index is 0. The topological polar surface area (TPSA) is 44.8 Å². The summed E-state index contributed by atoms with van der Waals surface area (Å²) in [6.45, 7) is 2.94. The number of rotatable bonds is 3. The second-order valence-corrected chi connectivity index (χ2v) is 4.78. The number of nitrogens with one attached hydrogen (secondary N) is 1. The maximum Gasteiger partial charge on any atom is 0.142 e. The zero-order valence-corrected chi connectivity index (χ0v) is 11.1. The quantitative estimate of drug-likeness (QED) is 0.781. The van der Waals surface area contributed by atoms with Gasteiger partial charge < -0.3 is 9.88 Å². The molecule has 19 heavy (non-hydrogen) atoms. The summed E-state index contributed by atoms with van der Waals surface area (Å²) in [6, 6.07) is 10.5. The number of fused-ring (bicyclic) bond motifs is 1. The normalized spacial score (nSPS) is 10.8. The molecule has 0 bridgehead atoms. The van der Waals surface area contributed by atoms with Gasteiger partial charge in [0.2, 0.25) is 0 Å². The van der Waals surface area contributed by atoms with Gasteiger partial charge in [0.25, 0.3) is 0 Å². The Morgan fingerprint density at radius 1 is 1.26 bits per heavy atom. The summed E-state index contributed by atoms with van der Waals surface area (Å²) in [5, 5.41) is 1.05. The van der Waals surface area contributed by atoms with Crippen molar-refractivity contribution in [1.29, 1.82) is 0 Å². The molecule has 0 spiro atoms. The van der Waals surface area contributed by atoms with E-state index in [2.05, 4.69) is 58.1 Å². The fourth-order valence-corrected chi connectivity index (χ4v) is 2.32. The Labute approximate surface area is 113 Å². The minimum absolute atomic E-state index is 0. The van der Waals surface area contributed by atoms with Crippen molar-refractivity contribution in [2.45, 2.75) is 13.5 Å². The van der Waals surface area contributed by atoms with Crippen molar-refractivity contribution in [1.82, 2.24) is 15.0 Å². The molecule has 0 amide bonds. The molecule has 0 unspecified atom stereocenters. The van der Waals surface area contributed by atoms with Crippen molar-refractivity contribution < 1.29 is 1.43 Å². The number of aromatic amines is 1. The average Bonchev–Trinajstić information content (AvgIpc) is 2.86. The Hall–Kier alpha value is -2.36. The molecule has 98 valence electrons. The number of aryl methyl sites for hydroxylation is 1. The zero-order chi connectivity index (χ0) is 13.2. The van der Waals surface area contributed by atoms with E-state index in [-0.39, 0.29) is 1.43 Å². The zero-order valence-electron chi connectivity index (χ0n) is 11.1. The molecule has 2 heterocycles. The van der Waals surface area contributed by atoms with Crippen LogP contribution < -0.4 is 4.90 Å². The molecule has 2 aromatic heterocycles. The van der Waals surface area contributed by atoms with E-state index in [1.807, 2.05) is 12.3 Å². The van der Waals surface area contributed by atoms with Crippen LogP contribution >= 0.6 is 0 Å². The number of benzene rings is 1. The highest BCUT2D eigenvalue weighted by molar-refractivity contribution is 5.87. The Morgan fingerprint density at radius 2 is 2.16 bits per heavy atom. The lowest BCUT2D eigenvalue weighted by Gasteiger charge is -2.19. The van der Waals surface area contributed by atoms with Gasteiger partial charge in [-0.05, 0) is 18.6 Å². The molecule has 4 nitrogen and oxygen atoms in total. The summed E-state index contributed by atoms with van der Waals surface area (Å²) in [5.74, 6) is 0.952. The molecule has 3 aromatic rings. The van der Waals surface area contributed by atoms with Crippen LogP contribution in [-0.2, 0) is 6.54 Å². The second kappa shape index (κ2) is 4.72. The van der Waals surface area contributed by atoms with E-state index >= 15 is 0 Å². The molecule has 0 saturated heterocycles. The maximum absolute atomic E-state index is 4.39. The number of nitrogens with zero attached hydrogens (tertiary/aromatic N) is 3. The molecular weight excluding hydrogens is 236 g/mol. The molecule has 3 rings (SSSR count). The van der Waals surface area contributed by atoms with E-state index < -0.39 is 0 Å². The van der Waals surface area contributed by atoms with Crippen LogP contribution in [0.4, 0.5) is 5.82 Å². The third-order valence-electron chi connectivity index (χ3n) is 3.20. The van der Waals surface area contributed by atoms with Gasteiger partial charge in [0.1, 0.15) is 17.8 Å². The summed E-state index contributed by atoms with van der Waals surface area (Å²) in [4.78, 5) is 13.9. The van der Waals surface area contributed by atoms with Crippen LogP contribution in [0.5, 0.6) is 0 Å². The fourth-order valence-electron chi connectivity index (χ4n) is 2.32. The molecule has 0 aliphatic carbocycles. The maximum atomic E-state index is 4.39. The molecule has 0 aliphatic rings. The first-order valence-electron chi connectivity index (χ1n) is 6.29. The highest BCUT2D eigenvalue weighted by atomic mass is 15.2. The van der Waals surface area contributed by atoms with Crippen LogP contribution in [0, 0.1) is 6.92 Å². The van der Waals surface area contributed by atoms with E-state index in [4.69, 9.17) is 0 Å². The molecule has 0 aliphatic heterocycles. The molecule has 1 aromatic carbocycles. The summed E-state index contributed by atoms with van der Waals surface area (Å²) >= 11 is 0. The lowest BCUT2D eigenvalue weighted by Crippen LogP contribution is -2.18. The summed E-state index contributed by atoms with van der Waals surface area (Å²) in [7, 11) is 2.05. The first kappa shape index (κ1) is 11.7. The van der Waals surface area contributed by atoms with Crippen LogP contribution in [0.1, 0.15) is 12.6 Å². The van der Waals surface area contributed by atoms with Gasteiger partial charge in [0, 0.05) is 21.2 Å². The van der Waals surface area contributed by atoms with Gasteiger partial charge in [0.05, 0.1) is 5.39 Å². The lowest BCUT2D eigenvalue weighted by molar-refractivity contribution is 0.899. The Kier molecular flexibility index (Phi) is 2.91. The predicted octanol–water partition coefficient (Wildman–Crippen LogP) is 3.15. The first-order chi connectivity index (χ1) is 9.24. The first-order valence-corrected chi connectivity index (χ1v) is 6.29. The van der Waals surface area contributed by atoms with Crippen LogP contribution in [0.25, 0.3) is 11.0 Å². The number of hydrogen-bond acceptors (Lipinski definition) is 3. The van der Waals surface area contributed by atoms with Gasteiger partial charge in [-0.1, -0.05) is 29.8 Å². The molecule has 0 radical (unpaired) electrons. The predicted molar refractivity (Wildman–Crippen MR) is 79.3 cm³/mol. The molecule has 4 heteroatoms. The van der Waals surface area contributed by atoms with Crippen LogP contribution in [0.3, 0.4) is 0 Å². The summed E-state index contributed by atoms with van der Waals surface area (Å²) in [5.41, 5.74) is 3.44. The fraction of sp³-hybridized carbons (Fsp3) is 0.200. The van der Waals surface area contributed by atoms with Gasteiger partial charge in [0.15, 0.2) is 0 Å². The number of anilines is 1. The van der Waals surface area contributed by atoms with Crippen LogP contribution in [-0.4, -0.2) is 22.0 Å². The Bertz CT molecular complexity index is 708. The Morgan fingerprint density at radius 3 is 3.00 bits per heavy atom. The molecular formula is C15H18N4. The molecule has 1 N–H and O–H groups in total. The molecule has 0 saturated carbocycles. The third kappa shape index (κ3) is 2.29. The van der Waals surface area contributed by atoms with E-state index in [0.29, 0.717) is 0 Å². The smallest absolute Gasteiger partial charge is 0.142 e. The van der Waals surface area contributed by atoms with Gasteiger partial charge in [-0.3, -0.25) is 0 Å². The van der Waals surface area contributed by atoms with Crippen molar-refractivity contribution in [2.24, 2.45) is 0 Å².